The molecule has 0 fully saturated rings. The van der Waals surface area contributed by atoms with E-state index in [1.807, 2.05) is 19.9 Å². The lowest BCUT2D eigenvalue weighted by molar-refractivity contribution is -0.143. The molecule has 0 unspecified atom stereocenters. The van der Waals surface area contributed by atoms with E-state index in [0.29, 0.717) is 24.5 Å². The van der Waals surface area contributed by atoms with Crippen LogP contribution >= 0.6 is 0 Å². The van der Waals surface area contributed by atoms with Gasteiger partial charge in [0.15, 0.2) is 0 Å². The Balaban J connectivity index is 2.24. The quantitative estimate of drug-likeness (QED) is 0.496. The summed E-state index contributed by atoms with van der Waals surface area (Å²) < 4.78 is 0. The van der Waals surface area contributed by atoms with Crippen molar-refractivity contribution in [1.29, 1.82) is 0 Å². The molecule has 2 atom stereocenters. The summed E-state index contributed by atoms with van der Waals surface area (Å²) in [4.78, 5) is 15.8. The van der Waals surface area contributed by atoms with E-state index in [9.17, 15) is 9.90 Å². The number of nitrogens with zero attached hydrogens (tertiary/aromatic N) is 2. The van der Waals surface area contributed by atoms with Gasteiger partial charge in [-0.25, -0.2) is 10.5 Å². The van der Waals surface area contributed by atoms with E-state index in [2.05, 4.69) is 26.6 Å². The number of carboxylic acids is 1. The molecule has 1 aliphatic rings. The lowest BCUT2D eigenvalue weighted by Crippen LogP contribution is -2.42. The van der Waals surface area contributed by atoms with E-state index in [-0.39, 0.29) is 11.8 Å². The second-order valence-electron chi connectivity index (χ2n) is 5.84. The third-order valence-corrected chi connectivity index (χ3v) is 3.61. The number of hydrazine groups is 2. The molecule has 0 aliphatic carbocycles. The second-order valence-corrected chi connectivity index (χ2v) is 5.84. The molecular formula is C14H22N6O2. The smallest absolute Gasteiger partial charge is 0.307 e. The lowest BCUT2D eigenvalue weighted by Gasteiger charge is -2.25. The Hall–Kier alpha value is -2.35. The number of hydrogen-bond donors (Lipinski definition) is 5. The van der Waals surface area contributed by atoms with Crippen LogP contribution in [0, 0.1) is 17.8 Å². The van der Waals surface area contributed by atoms with Gasteiger partial charge in [0.2, 0.25) is 0 Å². The van der Waals surface area contributed by atoms with Crippen molar-refractivity contribution in [2.75, 3.05) is 5.73 Å². The number of anilines is 1. The molecule has 8 heteroatoms. The highest BCUT2D eigenvalue weighted by Crippen LogP contribution is 2.26. The summed E-state index contributed by atoms with van der Waals surface area (Å²) in [6.07, 6.45) is 2.77. The van der Waals surface area contributed by atoms with Crippen molar-refractivity contribution in [2.24, 2.45) is 22.9 Å². The van der Waals surface area contributed by atoms with Gasteiger partial charge >= 0.3 is 5.97 Å². The van der Waals surface area contributed by atoms with Crippen molar-refractivity contribution in [1.82, 2.24) is 21.5 Å². The zero-order chi connectivity index (χ0) is 16.1. The Morgan fingerprint density at radius 2 is 2.18 bits per heavy atom. The average molecular weight is 306 g/mol. The Morgan fingerprint density at radius 1 is 1.41 bits per heavy atom. The number of nitrogens with one attached hydrogen (secondary N) is 3. The van der Waals surface area contributed by atoms with Crippen LogP contribution in [-0.2, 0) is 11.2 Å². The molecule has 0 saturated heterocycles. The van der Waals surface area contributed by atoms with Crippen LogP contribution in [0.25, 0.3) is 0 Å². The first-order valence-electron chi connectivity index (χ1n) is 7.24. The van der Waals surface area contributed by atoms with E-state index in [4.69, 9.17) is 5.73 Å². The molecule has 2 rings (SSSR count). The molecule has 0 bridgehead atoms. The normalized spacial score (nSPS) is 16.6. The van der Waals surface area contributed by atoms with Crippen LogP contribution in [0.15, 0.2) is 23.4 Å². The maximum atomic E-state index is 11.7. The number of carbonyl (C=O) groups is 1. The molecule has 1 aromatic heterocycles. The zero-order valence-electron chi connectivity index (χ0n) is 12.7. The Labute approximate surface area is 129 Å². The second kappa shape index (κ2) is 7.08. The number of carboxylic acid groups (broad SMARTS) is 1. The van der Waals surface area contributed by atoms with Crippen molar-refractivity contribution in [2.45, 2.75) is 26.7 Å². The number of nitrogen functional groups attached to an aromatic ring is 1. The number of hydrogen-bond acceptors (Lipinski definition) is 7. The molecule has 22 heavy (non-hydrogen) atoms. The zero-order valence-corrected chi connectivity index (χ0v) is 12.7. The molecule has 6 N–H and O–H groups in total. The molecular weight excluding hydrogens is 284 g/mol. The van der Waals surface area contributed by atoms with Crippen LogP contribution < -0.4 is 22.2 Å². The van der Waals surface area contributed by atoms with E-state index in [1.54, 1.807) is 12.3 Å². The van der Waals surface area contributed by atoms with Crippen LogP contribution in [0.5, 0.6) is 0 Å². The summed E-state index contributed by atoms with van der Waals surface area (Å²) in [6, 6.07) is 3.57. The first-order valence-corrected chi connectivity index (χ1v) is 7.24. The number of rotatable bonds is 7. The molecule has 8 nitrogen and oxygen atoms in total. The summed E-state index contributed by atoms with van der Waals surface area (Å²) in [5.41, 5.74) is 14.6. The molecule has 2 heterocycles. The largest absolute Gasteiger partial charge is 0.481 e. The number of nitrogens with two attached hydrogens (primary N) is 1. The fraction of sp³-hybridized carbons (Fsp3) is 0.500. The van der Waals surface area contributed by atoms with Crippen molar-refractivity contribution >= 4 is 17.6 Å². The van der Waals surface area contributed by atoms with Gasteiger partial charge in [-0.2, -0.15) is 0 Å². The van der Waals surface area contributed by atoms with Gasteiger partial charge in [0, 0.05) is 12.1 Å². The third-order valence-electron chi connectivity index (χ3n) is 3.61. The van der Waals surface area contributed by atoms with Crippen LogP contribution in [0.1, 0.15) is 25.8 Å². The highest BCUT2D eigenvalue weighted by molar-refractivity contribution is 5.89. The molecule has 0 spiro atoms. The summed E-state index contributed by atoms with van der Waals surface area (Å²) in [5.74, 6) is -0.338. The molecule has 120 valence electrons. The van der Waals surface area contributed by atoms with Crippen molar-refractivity contribution in [3.05, 3.63) is 23.9 Å². The van der Waals surface area contributed by atoms with E-state index >= 15 is 0 Å². The minimum Gasteiger partial charge on any atom is -0.481 e. The van der Waals surface area contributed by atoms with E-state index in [0.717, 1.165) is 5.56 Å². The number of aromatic nitrogens is 1. The van der Waals surface area contributed by atoms with Crippen LogP contribution in [0.4, 0.5) is 5.82 Å². The van der Waals surface area contributed by atoms with Gasteiger partial charge in [-0.05, 0) is 30.4 Å². The molecule has 1 aromatic rings. The average Bonchev–Trinajstić information content (AvgIpc) is 2.98. The highest BCUT2D eigenvalue weighted by atomic mass is 16.4. The molecule has 0 saturated carbocycles. The number of amidine groups is 1. The van der Waals surface area contributed by atoms with Gasteiger partial charge in [-0.15, -0.1) is 10.6 Å². The molecule has 1 aliphatic heterocycles. The summed E-state index contributed by atoms with van der Waals surface area (Å²) in [7, 11) is 0. The van der Waals surface area contributed by atoms with Crippen molar-refractivity contribution in [3.8, 4) is 0 Å². The number of aliphatic carboxylic acids is 1. The van der Waals surface area contributed by atoms with Gasteiger partial charge in [-0.3, -0.25) is 10.2 Å². The predicted octanol–water partition coefficient (Wildman–Crippen LogP) is 0.495. The van der Waals surface area contributed by atoms with Gasteiger partial charge in [0.1, 0.15) is 11.7 Å². The Bertz CT molecular complexity index is 543. The molecule has 0 amide bonds. The predicted molar refractivity (Wildman–Crippen MR) is 83.3 cm³/mol. The third kappa shape index (κ3) is 4.08. The van der Waals surface area contributed by atoms with E-state index < -0.39 is 11.9 Å². The Kier molecular flexibility index (Phi) is 5.16. The van der Waals surface area contributed by atoms with Crippen LogP contribution in [0.2, 0.25) is 0 Å². The number of hydrazone groups is 1. The highest BCUT2D eigenvalue weighted by Gasteiger charge is 2.34. The Morgan fingerprint density at radius 3 is 2.68 bits per heavy atom. The topological polar surface area (TPSA) is 125 Å². The van der Waals surface area contributed by atoms with Crippen molar-refractivity contribution < 1.29 is 9.90 Å². The molecule has 0 aromatic carbocycles. The summed E-state index contributed by atoms with van der Waals surface area (Å²) in [6.45, 7) is 4.02. The van der Waals surface area contributed by atoms with Crippen molar-refractivity contribution in [3.63, 3.8) is 0 Å². The van der Waals surface area contributed by atoms with E-state index in [1.165, 1.54) is 0 Å². The number of pyridine rings is 1. The monoisotopic (exact) mass is 306 g/mol. The summed E-state index contributed by atoms with van der Waals surface area (Å²) >= 11 is 0. The minimum atomic E-state index is -0.821. The fourth-order valence-electron chi connectivity index (χ4n) is 2.57. The SMILES string of the molecule is CC(C)C[C@H](C(=O)O)[C@H](Cc1ccc(N)nc1)C1=NNNN1. The van der Waals surface area contributed by atoms with Gasteiger partial charge in [0.05, 0.1) is 5.92 Å². The summed E-state index contributed by atoms with van der Waals surface area (Å²) in [5, 5.41) is 13.7. The lowest BCUT2D eigenvalue weighted by atomic mass is 9.81. The minimum absolute atomic E-state index is 0.274. The maximum absolute atomic E-state index is 11.7. The van der Waals surface area contributed by atoms with Gasteiger partial charge in [0.25, 0.3) is 0 Å². The maximum Gasteiger partial charge on any atom is 0.307 e. The van der Waals surface area contributed by atoms with Crippen LogP contribution in [-0.4, -0.2) is 21.9 Å². The standard InChI is InChI=1S/C14H22N6O2/c1-8(2)5-11(14(21)22)10(13-17-19-20-18-13)6-9-3-4-12(15)16-7-9/h3-4,7-8,10-11,19-20H,5-6H2,1-2H3,(H2,15,16)(H,17,18)(H,21,22)/t10-,11-/m0/s1. The van der Waals surface area contributed by atoms with Gasteiger partial charge < -0.3 is 10.8 Å². The first kappa shape index (κ1) is 16.0. The fourth-order valence-corrected chi connectivity index (χ4v) is 2.57. The van der Waals surface area contributed by atoms with Gasteiger partial charge in [-0.1, -0.05) is 19.9 Å². The molecule has 0 radical (unpaired) electrons. The van der Waals surface area contributed by atoms with Crippen LogP contribution in [0.3, 0.4) is 0 Å². The first-order chi connectivity index (χ1) is 10.5.